The molecular weight excluding hydrogens is 512 g/mol. The van der Waals surface area contributed by atoms with Gasteiger partial charge in [0, 0.05) is 31.0 Å². The Balaban J connectivity index is 1.82. The SMILES string of the molecule is C=NN(/C=C(\C)NC(=O)c1nnc(-c2cnccn2)s1)[C@H](C)c1ccc(C(F)(F)F)cc1C(F)(F)F. The molecule has 0 unspecified atom stereocenters. The van der Waals surface area contributed by atoms with Crippen molar-refractivity contribution in [1.29, 1.82) is 0 Å². The highest BCUT2D eigenvalue weighted by atomic mass is 32.1. The first-order valence-corrected chi connectivity index (χ1v) is 10.8. The van der Waals surface area contributed by atoms with E-state index in [0.717, 1.165) is 22.4 Å². The summed E-state index contributed by atoms with van der Waals surface area (Å²) in [6.45, 7) is 6.04. The van der Waals surface area contributed by atoms with Crippen molar-refractivity contribution in [2.75, 3.05) is 0 Å². The molecule has 2 aromatic heterocycles. The predicted molar refractivity (Wildman–Crippen MR) is 118 cm³/mol. The average molecular weight is 529 g/mol. The van der Waals surface area contributed by atoms with Gasteiger partial charge in [0.2, 0.25) is 5.01 Å². The van der Waals surface area contributed by atoms with Crippen LogP contribution in [0.25, 0.3) is 10.7 Å². The number of alkyl halides is 6. The molecule has 0 radical (unpaired) electrons. The second-order valence-electron chi connectivity index (χ2n) is 7.26. The van der Waals surface area contributed by atoms with Gasteiger partial charge in [-0.1, -0.05) is 17.4 Å². The van der Waals surface area contributed by atoms with Gasteiger partial charge in [0.05, 0.1) is 23.4 Å². The minimum Gasteiger partial charge on any atom is -0.322 e. The first-order chi connectivity index (χ1) is 16.8. The number of hydrogen-bond donors (Lipinski definition) is 1. The van der Waals surface area contributed by atoms with Crippen molar-refractivity contribution in [3.8, 4) is 10.7 Å². The molecule has 1 amide bonds. The van der Waals surface area contributed by atoms with Crippen molar-refractivity contribution in [3.63, 3.8) is 0 Å². The van der Waals surface area contributed by atoms with Gasteiger partial charge in [-0.25, -0.2) is 0 Å². The quantitative estimate of drug-likeness (QED) is 0.254. The number of amides is 1. The standard InChI is InChI=1S/C21H17F6N7OS/c1-11(31-17(35)19-33-32-18(36-19)16-9-29-6-7-30-16)10-34(28-3)12(2)14-5-4-13(20(22,23)24)8-15(14)21(25,26)27/h4-10,12H,3H2,1-2H3,(H,31,35)/b11-10+/t12-/m1/s1. The number of carbonyl (C=O) groups is 1. The summed E-state index contributed by atoms with van der Waals surface area (Å²) in [6, 6.07) is 0.171. The molecule has 3 rings (SSSR count). The number of aromatic nitrogens is 4. The molecule has 15 heteroatoms. The highest BCUT2D eigenvalue weighted by Gasteiger charge is 2.39. The highest BCUT2D eigenvalue weighted by molar-refractivity contribution is 7.16. The van der Waals surface area contributed by atoms with Crippen LogP contribution in [0.4, 0.5) is 26.3 Å². The normalized spacial score (nSPS) is 13.3. The lowest BCUT2D eigenvalue weighted by Crippen LogP contribution is -2.25. The van der Waals surface area contributed by atoms with E-state index in [1.54, 1.807) is 0 Å². The number of hydrogen-bond acceptors (Lipinski definition) is 8. The zero-order chi connectivity index (χ0) is 26.7. The van der Waals surface area contributed by atoms with E-state index in [1.165, 1.54) is 38.6 Å². The Morgan fingerprint density at radius 1 is 1.17 bits per heavy atom. The lowest BCUT2D eigenvalue weighted by Gasteiger charge is -2.26. The third-order valence-electron chi connectivity index (χ3n) is 4.73. The molecule has 8 nitrogen and oxygen atoms in total. The van der Waals surface area contributed by atoms with E-state index in [1.807, 2.05) is 0 Å². The van der Waals surface area contributed by atoms with Gasteiger partial charge in [0.25, 0.3) is 5.91 Å². The van der Waals surface area contributed by atoms with Crippen molar-refractivity contribution in [2.45, 2.75) is 32.2 Å². The van der Waals surface area contributed by atoms with Gasteiger partial charge in [-0.2, -0.15) is 31.4 Å². The molecule has 36 heavy (non-hydrogen) atoms. The van der Waals surface area contributed by atoms with E-state index in [9.17, 15) is 31.1 Å². The maximum absolute atomic E-state index is 13.6. The Hall–Kier alpha value is -3.88. The monoisotopic (exact) mass is 529 g/mol. The van der Waals surface area contributed by atoms with E-state index < -0.39 is 41.0 Å². The van der Waals surface area contributed by atoms with Crippen LogP contribution in [0.15, 0.2) is 53.8 Å². The van der Waals surface area contributed by atoms with E-state index in [-0.39, 0.29) is 16.8 Å². The summed E-state index contributed by atoms with van der Waals surface area (Å²) in [4.78, 5) is 20.5. The van der Waals surface area contributed by atoms with Gasteiger partial charge in [0.15, 0.2) is 5.01 Å². The van der Waals surface area contributed by atoms with Gasteiger partial charge in [0.1, 0.15) is 5.69 Å². The molecular formula is C21H17F6N7OS. The van der Waals surface area contributed by atoms with E-state index in [4.69, 9.17) is 0 Å². The first-order valence-electron chi connectivity index (χ1n) is 9.94. The fourth-order valence-electron chi connectivity index (χ4n) is 3.05. The second kappa shape index (κ2) is 10.4. The van der Waals surface area contributed by atoms with Crippen LogP contribution in [0, 0.1) is 0 Å². The molecule has 190 valence electrons. The molecule has 2 heterocycles. The fourth-order valence-corrected chi connectivity index (χ4v) is 3.75. The third kappa shape index (κ3) is 6.21. The lowest BCUT2D eigenvalue weighted by molar-refractivity contribution is -0.143. The zero-order valence-electron chi connectivity index (χ0n) is 18.6. The number of halogens is 6. The van der Waals surface area contributed by atoms with Crippen LogP contribution in [0.5, 0.6) is 0 Å². The molecule has 1 atom stereocenters. The predicted octanol–water partition coefficient (Wildman–Crippen LogP) is 5.30. The molecule has 0 fully saturated rings. The fraction of sp³-hybridized carbons (Fsp3) is 0.238. The molecule has 0 saturated carbocycles. The smallest absolute Gasteiger partial charge is 0.322 e. The average Bonchev–Trinajstić information content (AvgIpc) is 3.32. The van der Waals surface area contributed by atoms with Crippen LogP contribution < -0.4 is 5.32 Å². The van der Waals surface area contributed by atoms with Crippen LogP contribution in [0.1, 0.15) is 46.4 Å². The van der Waals surface area contributed by atoms with Crippen LogP contribution >= 0.6 is 11.3 Å². The highest BCUT2D eigenvalue weighted by Crippen LogP contribution is 2.40. The molecule has 0 saturated heterocycles. The maximum Gasteiger partial charge on any atom is 0.416 e. The summed E-state index contributed by atoms with van der Waals surface area (Å²) >= 11 is 0.942. The molecule has 0 spiro atoms. The minimum atomic E-state index is -5.05. The number of hydrazone groups is 1. The minimum absolute atomic E-state index is 0.0170. The first kappa shape index (κ1) is 26.7. The van der Waals surface area contributed by atoms with Crippen LogP contribution in [0.2, 0.25) is 0 Å². The molecule has 0 bridgehead atoms. The van der Waals surface area contributed by atoms with Crippen LogP contribution in [-0.4, -0.2) is 37.8 Å². The summed E-state index contributed by atoms with van der Waals surface area (Å²) in [5.74, 6) is -0.654. The lowest BCUT2D eigenvalue weighted by atomic mass is 9.97. The van der Waals surface area contributed by atoms with Crippen LogP contribution in [-0.2, 0) is 12.4 Å². The number of nitrogens with one attached hydrogen (secondary N) is 1. The number of carbonyl (C=O) groups excluding carboxylic acids is 1. The van der Waals surface area contributed by atoms with Gasteiger partial charge in [-0.3, -0.25) is 19.8 Å². The van der Waals surface area contributed by atoms with E-state index in [0.29, 0.717) is 16.8 Å². The van der Waals surface area contributed by atoms with Gasteiger partial charge >= 0.3 is 12.4 Å². The molecule has 0 aliphatic rings. The Labute approximate surface area is 204 Å². The van der Waals surface area contributed by atoms with Gasteiger partial charge in [-0.05, 0) is 31.5 Å². The maximum atomic E-state index is 13.6. The number of benzene rings is 1. The summed E-state index contributed by atoms with van der Waals surface area (Å²) in [7, 11) is 0. The topological polar surface area (TPSA) is 96.3 Å². The number of rotatable bonds is 7. The van der Waals surface area contributed by atoms with E-state index in [2.05, 4.69) is 37.3 Å². The summed E-state index contributed by atoms with van der Waals surface area (Å²) < 4.78 is 79.6. The molecule has 1 N–H and O–H groups in total. The molecule has 0 aliphatic heterocycles. The van der Waals surface area contributed by atoms with Crippen molar-refractivity contribution < 1.29 is 31.1 Å². The van der Waals surface area contributed by atoms with Crippen molar-refractivity contribution in [2.24, 2.45) is 5.10 Å². The van der Waals surface area contributed by atoms with Crippen molar-refractivity contribution in [3.05, 3.63) is 70.4 Å². The van der Waals surface area contributed by atoms with Crippen LogP contribution in [0.3, 0.4) is 0 Å². The Bertz CT molecular complexity index is 1270. The number of allylic oxidation sites excluding steroid dienone is 1. The Kier molecular flexibility index (Phi) is 7.71. The summed E-state index contributed by atoms with van der Waals surface area (Å²) in [5, 5.41) is 15.1. The van der Waals surface area contributed by atoms with Crippen molar-refractivity contribution >= 4 is 24.0 Å². The van der Waals surface area contributed by atoms with E-state index >= 15 is 0 Å². The zero-order valence-corrected chi connectivity index (χ0v) is 19.4. The number of nitrogens with zero attached hydrogens (tertiary/aromatic N) is 6. The largest absolute Gasteiger partial charge is 0.416 e. The summed E-state index contributed by atoms with van der Waals surface area (Å²) in [5.41, 5.74) is -2.79. The van der Waals surface area contributed by atoms with Crippen molar-refractivity contribution in [1.82, 2.24) is 30.5 Å². The Morgan fingerprint density at radius 3 is 2.47 bits per heavy atom. The summed E-state index contributed by atoms with van der Waals surface area (Å²) in [6.07, 6.45) is -4.45. The Morgan fingerprint density at radius 2 is 1.89 bits per heavy atom. The van der Waals surface area contributed by atoms with Gasteiger partial charge in [-0.15, -0.1) is 10.2 Å². The third-order valence-corrected chi connectivity index (χ3v) is 5.68. The van der Waals surface area contributed by atoms with Gasteiger partial charge < -0.3 is 5.32 Å². The molecule has 0 aliphatic carbocycles. The second-order valence-corrected chi connectivity index (χ2v) is 8.24. The molecule has 3 aromatic rings. The molecule has 1 aromatic carbocycles.